The Kier molecular flexibility index (Phi) is 4.36. The summed E-state index contributed by atoms with van der Waals surface area (Å²) >= 11 is 0. The molecule has 1 aliphatic heterocycles. The van der Waals surface area contributed by atoms with Crippen LogP contribution in [0.1, 0.15) is 24.2 Å². The van der Waals surface area contributed by atoms with Crippen LogP contribution in [-0.4, -0.2) is 38.2 Å². The van der Waals surface area contributed by atoms with Crippen LogP contribution in [0.3, 0.4) is 0 Å². The zero-order valence-electron chi connectivity index (χ0n) is 14.5. The van der Waals surface area contributed by atoms with Gasteiger partial charge in [0.2, 0.25) is 0 Å². The number of aryl methyl sites for hydroxylation is 1. The minimum Gasteiger partial charge on any atom is -0.390 e. The zero-order chi connectivity index (χ0) is 17.2. The second-order valence-corrected chi connectivity index (χ2v) is 6.82. The van der Waals surface area contributed by atoms with E-state index in [4.69, 9.17) is 5.11 Å². The van der Waals surface area contributed by atoms with Crippen molar-refractivity contribution in [2.24, 2.45) is 5.92 Å². The second-order valence-electron chi connectivity index (χ2n) is 6.82. The number of aliphatic hydroxyl groups excluding tert-OH is 1. The molecule has 0 aliphatic carbocycles. The largest absolute Gasteiger partial charge is 0.390 e. The molecule has 0 spiro atoms. The lowest BCUT2D eigenvalue weighted by atomic mass is 9.96. The highest BCUT2D eigenvalue weighted by Crippen LogP contribution is 2.30. The van der Waals surface area contributed by atoms with E-state index >= 15 is 0 Å². The Labute approximate surface area is 147 Å². The van der Waals surface area contributed by atoms with Gasteiger partial charge in [-0.1, -0.05) is 23.4 Å². The van der Waals surface area contributed by atoms with Crippen LogP contribution in [0.25, 0.3) is 10.9 Å². The van der Waals surface area contributed by atoms with Crippen molar-refractivity contribution in [2.45, 2.75) is 32.9 Å². The number of piperidine rings is 1. The molecule has 0 atom stereocenters. The van der Waals surface area contributed by atoms with Crippen LogP contribution in [0, 0.1) is 12.8 Å². The van der Waals surface area contributed by atoms with E-state index in [-0.39, 0.29) is 6.61 Å². The summed E-state index contributed by atoms with van der Waals surface area (Å²) in [5.41, 5.74) is 4.06. The summed E-state index contributed by atoms with van der Waals surface area (Å²) in [6.45, 7) is 4.97. The zero-order valence-corrected chi connectivity index (χ0v) is 14.5. The average molecular weight is 337 g/mol. The summed E-state index contributed by atoms with van der Waals surface area (Å²) in [7, 11) is 0. The van der Waals surface area contributed by atoms with Gasteiger partial charge in [-0.3, -0.25) is 9.67 Å². The van der Waals surface area contributed by atoms with E-state index in [0.717, 1.165) is 43.7 Å². The van der Waals surface area contributed by atoms with Crippen molar-refractivity contribution in [3.63, 3.8) is 0 Å². The number of anilines is 1. The van der Waals surface area contributed by atoms with Gasteiger partial charge in [0.1, 0.15) is 5.69 Å². The van der Waals surface area contributed by atoms with Gasteiger partial charge in [-0.25, -0.2) is 0 Å². The number of aromatic nitrogens is 4. The first-order valence-corrected chi connectivity index (χ1v) is 8.84. The molecule has 25 heavy (non-hydrogen) atoms. The first-order chi connectivity index (χ1) is 12.2. The third-order valence-electron chi connectivity index (χ3n) is 4.97. The van der Waals surface area contributed by atoms with Gasteiger partial charge in [-0.05, 0) is 37.8 Å². The van der Waals surface area contributed by atoms with E-state index in [1.807, 2.05) is 16.9 Å². The highest BCUT2D eigenvalue weighted by molar-refractivity contribution is 5.92. The fourth-order valence-corrected chi connectivity index (χ4v) is 3.67. The molecule has 1 saturated heterocycles. The minimum absolute atomic E-state index is 0.0487. The van der Waals surface area contributed by atoms with Crippen molar-refractivity contribution in [1.29, 1.82) is 0 Å². The maximum absolute atomic E-state index is 9.10. The molecular formula is C19H23N5O. The molecule has 1 fully saturated rings. The van der Waals surface area contributed by atoms with E-state index in [2.05, 4.69) is 51.4 Å². The van der Waals surface area contributed by atoms with Gasteiger partial charge in [-0.2, -0.15) is 0 Å². The first-order valence-electron chi connectivity index (χ1n) is 8.84. The predicted octanol–water partition coefficient (Wildman–Crippen LogP) is 2.54. The Balaban J connectivity index is 1.47. The van der Waals surface area contributed by atoms with Crippen LogP contribution >= 0.6 is 0 Å². The van der Waals surface area contributed by atoms with Crippen LogP contribution in [-0.2, 0) is 13.2 Å². The molecular weight excluding hydrogens is 314 g/mol. The third-order valence-corrected chi connectivity index (χ3v) is 4.97. The van der Waals surface area contributed by atoms with Gasteiger partial charge in [0.15, 0.2) is 0 Å². The van der Waals surface area contributed by atoms with Gasteiger partial charge in [0.25, 0.3) is 0 Å². The fourth-order valence-electron chi connectivity index (χ4n) is 3.67. The number of hydrogen-bond acceptors (Lipinski definition) is 5. The molecule has 1 N–H and O–H groups in total. The number of hydrogen-bond donors (Lipinski definition) is 1. The molecule has 0 bridgehead atoms. The highest BCUT2D eigenvalue weighted by atomic mass is 16.3. The minimum atomic E-state index is -0.0487. The fraction of sp³-hybridized carbons (Fsp3) is 0.421. The Morgan fingerprint density at radius 3 is 2.76 bits per heavy atom. The summed E-state index contributed by atoms with van der Waals surface area (Å²) in [5.74, 6) is 0.596. The summed E-state index contributed by atoms with van der Waals surface area (Å²) in [6, 6.07) is 10.6. The van der Waals surface area contributed by atoms with Crippen molar-refractivity contribution in [3.05, 3.63) is 47.9 Å². The van der Waals surface area contributed by atoms with Gasteiger partial charge in [-0.15, -0.1) is 5.10 Å². The number of para-hydroxylation sites is 1. The normalized spacial score (nSPS) is 15.8. The number of nitrogens with zero attached hydrogens (tertiary/aromatic N) is 5. The SMILES string of the molecule is Cc1cc(N2CCC(Cn3cc(CO)nn3)CC2)c2ccccc2n1. The number of aliphatic hydroxyl groups is 1. The molecule has 3 aromatic rings. The highest BCUT2D eigenvalue weighted by Gasteiger charge is 2.22. The van der Waals surface area contributed by atoms with Gasteiger partial charge in [0, 0.05) is 36.4 Å². The van der Waals surface area contributed by atoms with Gasteiger partial charge in [0.05, 0.1) is 18.3 Å². The Morgan fingerprint density at radius 1 is 1.20 bits per heavy atom. The lowest BCUT2D eigenvalue weighted by Gasteiger charge is -2.34. The number of fused-ring (bicyclic) bond motifs is 1. The molecule has 0 amide bonds. The summed E-state index contributed by atoms with van der Waals surface area (Å²) < 4.78 is 1.86. The van der Waals surface area contributed by atoms with Gasteiger partial charge < -0.3 is 10.0 Å². The van der Waals surface area contributed by atoms with E-state index < -0.39 is 0 Å². The number of pyridine rings is 1. The molecule has 3 heterocycles. The topological polar surface area (TPSA) is 67.1 Å². The van der Waals surface area contributed by atoms with Crippen molar-refractivity contribution >= 4 is 16.6 Å². The third kappa shape index (κ3) is 3.35. The molecule has 6 heteroatoms. The standard InChI is InChI=1S/C19H23N5O/c1-14-10-19(17-4-2-3-5-18(17)20-14)23-8-6-15(7-9-23)11-24-12-16(13-25)21-22-24/h2-5,10,12,15,25H,6-9,11,13H2,1H3. The van der Waals surface area contributed by atoms with Gasteiger partial charge >= 0.3 is 0 Å². The monoisotopic (exact) mass is 337 g/mol. The van der Waals surface area contributed by atoms with Crippen molar-refractivity contribution in [1.82, 2.24) is 20.0 Å². The number of benzene rings is 1. The summed E-state index contributed by atoms with van der Waals surface area (Å²) in [4.78, 5) is 7.13. The lowest BCUT2D eigenvalue weighted by Crippen LogP contribution is -2.35. The molecule has 1 aliphatic rings. The van der Waals surface area contributed by atoms with E-state index in [0.29, 0.717) is 11.6 Å². The molecule has 6 nitrogen and oxygen atoms in total. The van der Waals surface area contributed by atoms with Crippen LogP contribution in [0.5, 0.6) is 0 Å². The van der Waals surface area contributed by atoms with Crippen molar-refractivity contribution in [3.8, 4) is 0 Å². The lowest BCUT2D eigenvalue weighted by molar-refractivity contribution is 0.276. The maximum Gasteiger partial charge on any atom is 0.108 e. The Hall–Kier alpha value is -2.47. The number of rotatable bonds is 4. The first kappa shape index (κ1) is 16.0. The van der Waals surface area contributed by atoms with Crippen LogP contribution in [0.4, 0.5) is 5.69 Å². The van der Waals surface area contributed by atoms with Crippen molar-refractivity contribution in [2.75, 3.05) is 18.0 Å². The van der Waals surface area contributed by atoms with E-state index in [1.165, 1.54) is 11.1 Å². The smallest absolute Gasteiger partial charge is 0.108 e. The van der Waals surface area contributed by atoms with Crippen molar-refractivity contribution < 1.29 is 5.11 Å². The quantitative estimate of drug-likeness (QED) is 0.792. The van der Waals surface area contributed by atoms with Crippen LogP contribution in [0.15, 0.2) is 36.5 Å². The maximum atomic E-state index is 9.10. The Morgan fingerprint density at radius 2 is 2.00 bits per heavy atom. The molecule has 0 unspecified atom stereocenters. The predicted molar refractivity (Wildman–Crippen MR) is 97.4 cm³/mol. The molecule has 1 aromatic carbocycles. The molecule has 2 aromatic heterocycles. The molecule has 0 radical (unpaired) electrons. The van der Waals surface area contributed by atoms with E-state index in [9.17, 15) is 0 Å². The summed E-state index contributed by atoms with van der Waals surface area (Å²) in [6.07, 6.45) is 4.10. The average Bonchev–Trinajstić information content (AvgIpc) is 3.09. The molecule has 130 valence electrons. The summed E-state index contributed by atoms with van der Waals surface area (Å²) in [5, 5.41) is 18.4. The van der Waals surface area contributed by atoms with Crippen LogP contribution in [0.2, 0.25) is 0 Å². The molecule has 0 saturated carbocycles. The molecule has 4 rings (SSSR count). The second kappa shape index (κ2) is 6.80. The van der Waals surface area contributed by atoms with E-state index in [1.54, 1.807) is 0 Å². The Bertz CT molecular complexity index is 867. The van der Waals surface area contributed by atoms with Crippen LogP contribution < -0.4 is 4.90 Å².